The molecule has 1 N–H and O–H groups in total. The molecular formula is C16H28O2. The summed E-state index contributed by atoms with van der Waals surface area (Å²) < 4.78 is 0. The number of hydrogen-bond acceptors (Lipinski definition) is 1. The van der Waals surface area contributed by atoms with Crippen LogP contribution in [0.3, 0.4) is 0 Å². The van der Waals surface area contributed by atoms with E-state index in [2.05, 4.69) is 20.8 Å². The van der Waals surface area contributed by atoms with Crippen molar-refractivity contribution < 1.29 is 9.90 Å². The normalized spacial score (nSPS) is 45.1. The van der Waals surface area contributed by atoms with Crippen molar-refractivity contribution >= 4 is 5.97 Å². The van der Waals surface area contributed by atoms with E-state index in [9.17, 15) is 9.90 Å². The van der Waals surface area contributed by atoms with Crippen molar-refractivity contribution in [1.82, 2.24) is 0 Å². The van der Waals surface area contributed by atoms with Crippen LogP contribution in [0.1, 0.15) is 65.7 Å². The van der Waals surface area contributed by atoms with Crippen LogP contribution in [0, 0.1) is 29.1 Å². The molecule has 2 rings (SSSR count). The highest BCUT2D eigenvalue weighted by Gasteiger charge is 2.51. The van der Waals surface area contributed by atoms with Gasteiger partial charge in [-0.1, -0.05) is 33.6 Å². The lowest BCUT2D eigenvalue weighted by atomic mass is 9.63. The molecule has 5 unspecified atom stereocenters. The standard InChI is InChI=1S/C16H28O2/c1-4-13-7-8-16(10-13,15(17)18)14-6-5-11(2)12(3)9-14/h11-14H,4-10H2,1-3H3,(H,17,18). The summed E-state index contributed by atoms with van der Waals surface area (Å²) in [5.74, 6) is 2.04. The monoisotopic (exact) mass is 252 g/mol. The fourth-order valence-corrected chi connectivity index (χ4v) is 4.32. The summed E-state index contributed by atoms with van der Waals surface area (Å²) in [7, 11) is 0. The predicted molar refractivity (Wildman–Crippen MR) is 73.4 cm³/mol. The molecule has 5 atom stereocenters. The van der Waals surface area contributed by atoms with Gasteiger partial charge in [-0.15, -0.1) is 0 Å². The second-order valence-electron chi connectivity index (χ2n) is 6.94. The molecule has 104 valence electrons. The van der Waals surface area contributed by atoms with Crippen molar-refractivity contribution in [3.05, 3.63) is 0 Å². The van der Waals surface area contributed by atoms with E-state index in [1.807, 2.05) is 0 Å². The van der Waals surface area contributed by atoms with Gasteiger partial charge in [0.1, 0.15) is 0 Å². The Morgan fingerprint density at radius 2 is 1.94 bits per heavy atom. The second-order valence-corrected chi connectivity index (χ2v) is 6.94. The molecular weight excluding hydrogens is 224 g/mol. The molecule has 2 fully saturated rings. The quantitative estimate of drug-likeness (QED) is 0.811. The van der Waals surface area contributed by atoms with Crippen LogP contribution in [-0.2, 0) is 4.79 Å². The lowest BCUT2D eigenvalue weighted by molar-refractivity contribution is -0.154. The van der Waals surface area contributed by atoms with Gasteiger partial charge in [0.25, 0.3) is 0 Å². The molecule has 0 radical (unpaired) electrons. The van der Waals surface area contributed by atoms with Gasteiger partial charge in [0.05, 0.1) is 5.41 Å². The van der Waals surface area contributed by atoms with Crippen molar-refractivity contribution in [1.29, 1.82) is 0 Å². The van der Waals surface area contributed by atoms with Gasteiger partial charge >= 0.3 is 5.97 Å². The third-order valence-electron chi connectivity index (χ3n) is 6.03. The van der Waals surface area contributed by atoms with E-state index in [-0.39, 0.29) is 5.41 Å². The van der Waals surface area contributed by atoms with Crippen LogP contribution >= 0.6 is 0 Å². The van der Waals surface area contributed by atoms with E-state index in [1.54, 1.807) is 0 Å². The lowest BCUT2D eigenvalue weighted by Gasteiger charge is -2.41. The fourth-order valence-electron chi connectivity index (χ4n) is 4.32. The molecule has 2 heteroatoms. The number of carbonyl (C=O) groups is 1. The van der Waals surface area contributed by atoms with E-state index in [0.717, 1.165) is 44.4 Å². The Morgan fingerprint density at radius 1 is 1.22 bits per heavy atom. The minimum Gasteiger partial charge on any atom is -0.481 e. The first-order chi connectivity index (χ1) is 8.49. The average Bonchev–Trinajstić information content (AvgIpc) is 2.78. The summed E-state index contributed by atoms with van der Waals surface area (Å²) in [6.45, 7) is 6.82. The average molecular weight is 252 g/mol. The minimum absolute atomic E-state index is 0.380. The van der Waals surface area contributed by atoms with Gasteiger partial charge in [-0.3, -0.25) is 4.79 Å². The molecule has 2 saturated carbocycles. The Labute approximate surface area is 111 Å². The van der Waals surface area contributed by atoms with Crippen molar-refractivity contribution in [2.75, 3.05) is 0 Å². The Bertz CT molecular complexity index is 312. The van der Waals surface area contributed by atoms with Gasteiger partial charge in [-0.05, 0) is 55.8 Å². The van der Waals surface area contributed by atoms with E-state index < -0.39 is 5.97 Å². The van der Waals surface area contributed by atoms with Gasteiger partial charge < -0.3 is 5.11 Å². The first kappa shape index (κ1) is 13.9. The predicted octanol–water partition coefficient (Wildman–Crippen LogP) is 4.34. The van der Waals surface area contributed by atoms with Crippen LogP contribution in [0.2, 0.25) is 0 Å². The maximum Gasteiger partial charge on any atom is 0.309 e. The lowest BCUT2D eigenvalue weighted by Crippen LogP contribution is -2.40. The Hall–Kier alpha value is -0.530. The van der Waals surface area contributed by atoms with Gasteiger partial charge in [0.2, 0.25) is 0 Å². The molecule has 0 amide bonds. The molecule has 18 heavy (non-hydrogen) atoms. The highest BCUT2D eigenvalue weighted by atomic mass is 16.4. The molecule has 0 aromatic rings. The van der Waals surface area contributed by atoms with Crippen LogP contribution in [0.5, 0.6) is 0 Å². The largest absolute Gasteiger partial charge is 0.481 e. The summed E-state index contributed by atoms with van der Waals surface area (Å²) in [5.41, 5.74) is -0.380. The number of rotatable bonds is 3. The first-order valence-electron chi connectivity index (χ1n) is 7.73. The van der Waals surface area contributed by atoms with Gasteiger partial charge in [0, 0.05) is 0 Å². The zero-order chi connectivity index (χ0) is 13.3. The molecule has 0 aliphatic heterocycles. The third-order valence-corrected chi connectivity index (χ3v) is 6.03. The summed E-state index contributed by atoms with van der Waals surface area (Å²) >= 11 is 0. The number of aliphatic carboxylic acids is 1. The molecule has 0 spiro atoms. The summed E-state index contributed by atoms with van der Waals surface area (Å²) in [5, 5.41) is 9.78. The molecule has 2 aliphatic carbocycles. The molecule has 0 bridgehead atoms. The highest BCUT2D eigenvalue weighted by molar-refractivity contribution is 5.75. The zero-order valence-electron chi connectivity index (χ0n) is 12.1. The van der Waals surface area contributed by atoms with Gasteiger partial charge in [0.15, 0.2) is 0 Å². The number of hydrogen-bond donors (Lipinski definition) is 1. The molecule has 2 nitrogen and oxygen atoms in total. The van der Waals surface area contributed by atoms with E-state index in [0.29, 0.717) is 17.8 Å². The Morgan fingerprint density at radius 3 is 2.44 bits per heavy atom. The van der Waals surface area contributed by atoms with Crippen LogP contribution in [0.4, 0.5) is 0 Å². The SMILES string of the molecule is CCC1CCC(C(=O)O)(C2CCC(C)C(C)C2)C1. The van der Waals surface area contributed by atoms with E-state index in [1.165, 1.54) is 6.42 Å². The zero-order valence-corrected chi connectivity index (χ0v) is 12.1. The molecule has 0 aromatic heterocycles. The van der Waals surface area contributed by atoms with Crippen molar-refractivity contribution in [3.8, 4) is 0 Å². The third kappa shape index (κ3) is 2.31. The Kier molecular flexibility index (Phi) is 4.03. The van der Waals surface area contributed by atoms with Crippen LogP contribution in [0.15, 0.2) is 0 Å². The second kappa shape index (κ2) is 5.22. The molecule has 0 aromatic carbocycles. The molecule has 2 aliphatic rings. The number of carboxylic acid groups (broad SMARTS) is 1. The smallest absolute Gasteiger partial charge is 0.309 e. The Balaban J connectivity index is 2.14. The summed E-state index contributed by atoms with van der Waals surface area (Å²) in [6, 6.07) is 0. The van der Waals surface area contributed by atoms with Gasteiger partial charge in [-0.25, -0.2) is 0 Å². The summed E-state index contributed by atoms with van der Waals surface area (Å²) in [4.78, 5) is 11.9. The number of carboxylic acids is 1. The van der Waals surface area contributed by atoms with Crippen LogP contribution < -0.4 is 0 Å². The summed E-state index contributed by atoms with van der Waals surface area (Å²) in [6.07, 6.45) is 7.62. The van der Waals surface area contributed by atoms with E-state index >= 15 is 0 Å². The molecule has 0 saturated heterocycles. The van der Waals surface area contributed by atoms with Crippen molar-refractivity contribution in [3.63, 3.8) is 0 Å². The topological polar surface area (TPSA) is 37.3 Å². The maximum absolute atomic E-state index is 11.9. The fraction of sp³-hybridized carbons (Fsp3) is 0.938. The highest BCUT2D eigenvalue weighted by Crippen LogP contribution is 2.54. The first-order valence-corrected chi connectivity index (χ1v) is 7.73. The maximum atomic E-state index is 11.9. The molecule has 0 heterocycles. The van der Waals surface area contributed by atoms with Crippen LogP contribution in [0.25, 0.3) is 0 Å². The van der Waals surface area contributed by atoms with E-state index in [4.69, 9.17) is 0 Å². The minimum atomic E-state index is -0.509. The van der Waals surface area contributed by atoms with Gasteiger partial charge in [-0.2, -0.15) is 0 Å². The van der Waals surface area contributed by atoms with Crippen molar-refractivity contribution in [2.24, 2.45) is 29.1 Å². The van der Waals surface area contributed by atoms with Crippen LogP contribution in [-0.4, -0.2) is 11.1 Å². The van der Waals surface area contributed by atoms with Crippen molar-refractivity contribution in [2.45, 2.75) is 65.7 Å².